The van der Waals surface area contributed by atoms with Crippen molar-refractivity contribution >= 4 is 51.6 Å². The van der Waals surface area contributed by atoms with Crippen molar-refractivity contribution in [3.63, 3.8) is 0 Å². The third-order valence-corrected chi connectivity index (χ3v) is 12.5. The van der Waals surface area contributed by atoms with Crippen molar-refractivity contribution in [3.05, 3.63) is 58.6 Å². The van der Waals surface area contributed by atoms with E-state index in [0.717, 1.165) is 37.7 Å². The van der Waals surface area contributed by atoms with Gasteiger partial charge in [0, 0.05) is 29.4 Å². The number of hydrogen-bond donors (Lipinski definition) is 2. The van der Waals surface area contributed by atoms with Gasteiger partial charge in [0.1, 0.15) is 11.1 Å². The van der Waals surface area contributed by atoms with Gasteiger partial charge in [0.15, 0.2) is 17.5 Å². The van der Waals surface area contributed by atoms with E-state index in [1.165, 1.54) is 25.7 Å². The van der Waals surface area contributed by atoms with Crippen LogP contribution >= 0.6 is 11.6 Å². The van der Waals surface area contributed by atoms with E-state index in [9.17, 15) is 18.4 Å². The molecule has 1 aromatic carbocycles. The second-order valence-electron chi connectivity index (χ2n) is 16.8. The van der Waals surface area contributed by atoms with Gasteiger partial charge in [-0.15, -0.1) is 0 Å². The number of alkyl halides is 2. The first-order valence-electron chi connectivity index (χ1n) is 19.1. The van der Waals surface area contributed by atoms with E-state index >= 15 is 8.78 Å². The second kappa shape index (κ2) is 13.4. The molecule has 5 heterocycles. The van der Waals surface area contributed by atoms with Gasteiger partial charge in [-0.25, -0.2) is 27.5 Å². The molecule has 0 unspecified atom stereocenters. The van der Waals surface area contributed by atoms with Gasteiger partial charge in [-0.3, -0.25) is 19.5 Å². The average Bonchev–Trinajstić information content (AvgIpc) is 3.83. The lowest BCUT2D eigenvalue weighted by atomic mass is 9.71. The third kappa shape index (κ3) is 6.23. The molecule has 292 valence electrons. The molecule has 2 aliphatic carbocycles. The van der Waals surface area contributed by atoms with Crippen LogP contribution < -0.4 is 15.5 Å². The molecule has 0 radical (unpaired) electrons. The van der Waals surface area contributed by atoms with Gasteiger partial charge in [0.05, 0.1) is 50.6 Å². The Bertz CT molecular complexity index is 2210. The maximum atomic E-state index is 15.6. The first kappa shape index (κ1) is 37.6. The van der Waals surface area contributed by atoms with Crippen LogP contribution in [0.25, 0.3) is 22.3 Å². The monoisotopic (exact) mass is 780 g/mol. The van der Waals surface area contributed by atoms with Crippen LogP contribution in [0.5, 0.6) is 0 Å². The number of fused-ring (bicyclic) bond motifs is 2. The summed E-state index contributed by atoms with van der Waals surface area (Å²) in [6.45, 7) is 12.1. The van der Waals surface area contributed by atoms with Crippen molar-refractivity contribution in [2.75, 3.05) is 23.3 Å². The molecule has 2 saturated carbocycles. The van der Waals surface area contributed by atoms with Gasteiger partial charge < -0.3 is 20.1 Å². The standard InChI is InChI=1S/C40H45ClF4N8O2/c1-21(2)52-20-47-27-16-25(48-34(32(27)52)49-26-15-24(29(41)31(43)30(26)42)35(54)50-40(10-11-40)36(44)45)22-14-28-33(46-19-22)38(3,4)37(55)53(28)23-17-39(5,18-23)51-12-8-6-7-9-13-51/h14-16,19-21,23,36H,6-13,17-18H2,1-5H3,(H,48,49)(H,50,54)/t23-,39+. The van der Waals surface area contributed by atoms with Gasteiger partial charge in [0.25, 0.3) is 12.3 Å². The van der Waals surface area contributed by atoms with Crippen molar-refractivity contribution in [1.82, 2.24) is 29.7 Å². The van der Waals surface area contributed by atoms with Crippen LogP contribution in [0.3, 0.4) is 0 Å². The van der Waals surface area contributed by atoms with Crippen LogP contribution in [0, 0.1) is 11.6 Å². The Morgan fingerprint density at radius 1 is 0.982 bits per heavy atom. The second-order valence-corrected chi connectivity index (χ2v) is 17.1. The number of anilines is 3. The van der Waals surface area contributed by atoms with E-state index in [-0.39, 0.29) is 42.2 Å². The summed E-state index contributed by atoms with van der Waals surface area (Å²) >= 11 is 6.08. The number of halogens is 5. The molecule has 3 fully saturated rings. The zero-order valence-corrected chi connectivity index (χ0v) is 32.3. The predicted octanol–water partition coefficient (Wildman–Crippen LogP) is 8.70. The largest absolute Gasteiger partial charge is 0.341 e. The minimum absolute atomic E-state index is 0.00209. The molecule has 4 aromatic rings. The predicted molar refractivity (Wildman–Crippen MR) is 203 cm³/mol. The smallest absolute Gasteiger partial charge is 0.261 e. The molecule has 4 aliphatic rings. The van der Waals surface area contributed by atoms with Gasteiger partial charge in [-0.1, -0.05) is 24.4 Å². The van der Waals surface area contributed by atoms with Gasteiger partial charge in [-0.2, -0.15) is 0 Å². The number of aromatic nitrogens is 4. The number of rotatable bonds is 9. The summed E-state index contributed by atoms with van der Waals surface area (Å²) < 4.78 is 60.0. The number of benzene rings is 1. The highest BCUT2D eigenvalue weighted by Gasteiger charge is 2.55. The van der Waals surface area contributed by atoms with Crippen LogP contribution in [0.1, 0.15) is 108 Å². The van der Waals surface area contributed by atoms with E-state index in [1.54, 1.807) is 18.6 Å². The number of imidazole rings is 1. The highest BCUT2D eigenvalue weighted by molar-refractivity contribution is 6.34. The molecule has 8 rings (SSSR count). The Labute approximate surface area is 322 Å². The molecule has 1 saturated heterocycles. The fourth-order valence-electron chi connectivity index (χ4n) is 8.64. The zero-order valence-electron chi connectivity index (χ0n) is 31.6. The Kier molecular flexibility index (Phi) is 9.18. The van der Waals surface area contributed by atoms with Gasteiger partial charge in [0.2, 0.25) is 5.91 Å². The topological polar surface area (TPSA) is 108 Å². The lowest BCUT2D eigenvalue weighted by molar-refractivity contribution is -0.123. The number of amides is 2. The number of likely N-dealkylation sites (tertiary alicyclic amines) is 1. The summed E-state index contributed by atoms with van der Waals surface area (Å²) in [4.78, 5) is 46.0. The van der Waals surface area contributed by atoms with Gasteiger partial charge in [-0.05, 0) is 104 Å². The Hall–Kier alpha value is -4.30. The van der Waals surface area contributed by atoms with Crippen molar-refractivity contribution in [3.8, 4) is 11.3 Å². The molecule has 2 N–H and O–H groups in total. The summed E-state index contributed by atoms with van der Waals surface area (Å²) in [5.41, 5.74) is -0.169. The highest BCUT2D eigenvalue weighted by Crippen LogP contribution is 2.50. The van der Waals surface area contributed by atoms with E-state index in [0.29, 0.717) is 28.0 Å². The normalized spacial score (nSPS) is 23.2. The molecule has 2 amide bonds. The zero-order chi connectivity index (χ0) is 39.2. The van der Waals surface area contributed by atoms with Crippen LogP contribution in [-0.4, -0.2) is 72.9 Å². The van der Waals surface area contributed by atoms with E-state index < -0.39 is 51.2 Å². The molecular formula is C40H45ClF4N8O2. The summed E-state index contributed by atoms with van der Waals surface area (Å²) in [5, 5.41) is 4.30. The quantitative estimate of drug-likeness (QED) is 0.129. The van der Waals surface area contributed by atoms with Gasteiger partial charge >= 0.3 is 0 Å². The molecule has 0 bridgehead atoms. The van der Waals surface area contributed by atoms with Crippen LogP contribution in [0.4, 0.5) is 34.8 Å². The average molecular weight is 781 g/mol. The van der Waals surface area contributed by atoms with Crippen LogP contribution in [0.2, 0.25) is 5.02 Å². The molecular weight excluding hydrogens is 736 g/mol. The maximum Gasteiger partial charge on any atom is 0.261 e. The molecule has 15 heteroatoms. The molecule has 10 nitrogen and oxygen atoms in total. The Morgan fingerprint density at radius 3 is 2.31 bits per heavy atom. The number of carbonyl (C=O) groups excluding carboxylic acids is 2. The van der Waals surface area contributed by atoms with Crippen molar-refractivity contribution in [2.24, 2.45) is 0 Å². The minimum Gasteiger partial charge on any atom is -0.341 e. The van der Waals surface area contributed by atoms with Crippen LogP contribution in [0.15, 0.2) is 30.7 Å². The number of carbonyl (C=O) groups is 2. The summed E-state index contributed by atoms with van der Waals surface area (Å²) in [6.07, 6.45) is 7.12. The van der Waals surface area contributed by atoms with Crippen LogP contribution in [-0.2, 0) is 10.2 Å². The summed E-state index contributed by atoms with van der Waals surface area (Å²) in [5.74, 6) is -3.85. The highest BCUT2D eigenvalue weighted by atomic mass is 35.5. The van der Waals surface area contributed by atoms with Crippen molar-refractivity contribution in [1.29, 1.82) is 0 Å². The van der Waals surface area contributed by atoms with E-state index in [2.05, 4.69) is 27.4 Å². The van der Waals surface area contributed by atoms with E-state index in [1.807, 2.05) is 43.2 Å². The first-order valence-corrected chi connectivity index (χ1v) is 19.4. The summed E-state index contributed by atoms with van der Waals surface area (Å²) in [7, 11) is 0. The first-order chi connectivity index (χ1) is 26.0. The van der Waals surface area contributed by atoms with Crippen molar-refractivity contribution in [2.45, 2.75) is 121 Å². The molecule has 3 aromatic heterocycles. The molecule has 2 aliphatic heterocycles. The molecule has 0 spiro atoms. The van der Waals surface area contributed by atoms with Crippen molar-refractivity contribution < 1.29 is 27.2 Å². The fraction of sp³-hybridized carbons (Fsp3) is 0.525. The summed E-state index contributed by atoms with van der Waals surface area (Å²) in [6, 6.07) is 4.58. The number of nitrogens with zero attached hydrogens (tertiary/aromatic N) is 6. The third-order valence-electron chi connectivity index (χ3n) is 12.2. The lowest BCUT2D eigenvalue weighted by Crippen LogP contribution is -2.63. The SMILES string of the molecule is CC(C)n1cnc2cc(-c3cnc4c(c3)N([C@H]3C[C@@](C)(N5CCCCCC5)C3)C(=O)C4(C)C)nc(Nc3cc(C(=O)NC4(C(F)F)CC4)c(Cl)c(F)c3F)c21. The molecule has 0 atom stereocenters. The number of hydrogen-bond acceptors (Lipinski definition) is 7. The number of pyridine rings is 2. The minimum atomic E-state index is -2.84. The Morgan fingerprint density at radius 2 is 1.67 bits per heavy atom. The van der Waals surface area contributed by atoms with E-state index in [4.69, 9.17) is 21.6 Å². The number of nitrogens with one attached hydrogen (secondary N) is 2. The molecule has 55 heavy (non-hydrogen) atoms. The maximum absolute atomic E-state index is 15.6. The fourth-order valence-corrected chi connectivity index (χ4v) is 8.86. The lowest BCUT2D eigenvalue weighted by Gasteiger charge is -2.54. The Balaban J connectivity index is 1.16.